The number of nitrogens with zero attached hydrogens (tertiary/aromatic N) is 1. The van der Waals surface area contributed by atoms with Gasteiger partial charge in [0, 0.05) is 12.1 Å². The topological polar surface area (TPSA) is 102 Å². The first-order valence-electron chi connectivity index (χ1n) is 9.86. The first-order valence-corrected chi connectivity index (χ1v) is 9.86. The molecule has 1 aromatic rings. The lowest BCUT2D eigenvalue weighted by Crippen LogP contribution is -2.45. The van der Waals surface area contributed by atoms with Crippen LogP contribution < -0.4 is 10.1 Å². The standard InChI is InChI=1S/C21H26N2O6/c1-13(23-19(25)15-8-4-5-9-16(15)20(23)26)21(27)29-12-18(24)22-11-14-7-3-6-10-17(14)28-2/h3,6-7,10,13,15-16H,4-5,8-9,11-12H2,1-2H3,(H,22,24)/t13-,15-,16+/m0/s1. The molecule has 3 atom stereocenters. The minimum absolute atomic E-state index is 0.225. The number of benzene rings is 1. The van der Waals surface area contributed by atoms with Gasteiger partial charge in [0.2, 0.25) is 11.8 Å². The summed E-state index contributed by atoms with van der Waals surface area (Å²) in [5, 5.41) is 2.65. The lowest BCUT2D eigenvalue weighted by molar-refractivity contribution is -0.159. The van der Waals surface area contributed by atoms with Gasteiger partial charge in [-0.1, -0.05) is 31.0 Å². The van der Waals surface area contributed by atoms with E-state index in [1.54, 1.807) is 13.2 Å². The number of hydrogen-bond donors (Lipinski definition) is 1. The van der Waals surface area contributed by atoms with Gasteiger partial charge in [-0.15, -0.1) is 0 Å². The van der Waals surface area contributed by atoms with Gasteiger partial charge in [-0.25, -0.2) is 4.79 Å². The van der Waals surface area contributed by atoms with Crippen molar-refractivity contribution in [2.24, 2.45) is 11.8 Å². The van der Waals surface area contributed by atoms with E-state index in [-0.39, 0.29) is 30.2 Å². The fourth-order valence-electron chi connectivity index (χ4n) is 4.03. The number of likely N-dealkylation sites (tertiary alicyclic amines) is 1. The number of fused-ring (bicyclic) bond motifs is 1. The second-order valence-corrected chi connectivity index (χ2v) is 7.42. The monoisotopic (exact) mass is 402 g/mol. The van der Waals surface area contributed by atoms with E-state index in [1.165, 1.54) is 6.92 Å². The summed E-state index contributed by atoms with van der Waals surface area (Å²) in [6.45, 7) is 1.20. The van der Waals surface area contributed by atoms with Crippen LogP contribution in [0.1, 0.15) is 38.2 Å². The summed E-state index contributed by atoms with van der Waals surface area (Å²) in [6, 6.07) is 6.21. The SMILES string of the molecule is COc1ccccc1CNC(=O)COC(=O)[C@H](C)N1C(=O)[C@H]2CCCC[C@H]2C1=O. The van der Waals surface area contributed by atoms with E-state index >= 15 is 0 Å². The molecule has 2 aliphatic rings. The number of carbonyl (C=O) groups is 4. The number of nitrogens with one attached hydrogen (secondary N) is 1. The van der Waals surface area contributed by atoms with Gasteiger partial charge in [0.15, 0.2) is 6.61 Å². The summed E-state index contributed by atoms with van der Waals surface area (Å²) in [5.74, 6) is -1.85. The molecule has 0 bridgehead atoms. The summed E-state index contributed by atoms with van der Waals surface area (Å²) in [6.07, 6.45) is 3.19. The second-order valence-electron chi connectivity index (χ2n) is 7.42. The van der Waals surface area contributed by atoms with Gasteiger partial charge < -0.3 is 14.8 Å². The minimum Gasteiger partial charge on any atom is -0.496 e. The van der Waals surface area contributed by atoms with Gasteiger partial charge in [0.25, 0.3) is 5.91 Å². The van der Waals surface area contributed by atoms with Crippen LogP contribution in [-0.2, 0) is 30.5 Å². The normalized spacial score (nSPS) is 22.1. The Morgan fingerprint density at radius 2 is 1.76 bits per heavy atom. The largest absolute Gasteiger partial charge is 0.496 e. The van der Waals surface area contributed by atoms with Crippen LogP contribution in [0.5, 0.6) is 5.75 Å². The molecule has 2 fully saturated rings. The maximum Gasteiger partial charge on any atom is 0.329 e. The minimum atomic E-state index is -1.04. The van der Waals surface area contributed by atoms with E-state index in [9.17, 15) is 19.2 Å². The van der Waals surface area contributed by atoms with Crippen LogP contribution in [0.2, 0.25) is 0 Å². The highest BCUT2D eigenvalue weighted by atomic mass is 16.5. The Bertz CT molecular complexity index is 784. The van der Waals surface area contributed by atoms with Crippen molar-refractivity contribution in [3.63, 3.8) is 0 Å². The maximum atomic E-state index is 12.6. The number of hydrogen-bond acceptors (Lipinski definition) is 6. The molecule has 0 spiro atoms. The molecule has 0 aromatic heterocycles. The number of rotatable bonds is 7. The van der Waals surface area contributed by atoms with Gasteiger partial charge in [-0.3, -0.25) is 19.3 Å². The summed E-state index contributed by atoms with van der Waals surface area (Å²) >= 11 is 0. The fraction of sp³-hybridized carbons (Fsp3) is 0.524. The maximum absolute atomic E-state index is 12.6. The number of methoxy groups -OCH3 is 1. The van der Waals surface area contributed by atoms with Crippen LogP contribution in [0, 0.1) is 11.8 Å². The molecule has 1 saturated heterocycles. The smallest absolute Gasteiger partial charge is 0.329 e. The summed E-state index contributed by atoms with van der Waals surface area (Å²) in [5.41, 5.74) is 0.791. The van der Waals surface area contributed by atoms with Crippen LogP contribution in [-0.4, -0.2) is 48.3 Å². The Morgan fingerprint density at radius 3 is 2.38 bits per heavy atom. The number of ether oxygens (including phenoxy) is 2. The Morgan fingerprint density at radius 1 is 1.14 bits per heavy atom. The van der Waals surface area contributed by atoms with Gasteiger partial charge in [0.1, 0.15) is 11.8 Å². The van der Waals surface area contributed by atoms with Crippen molar-refractivity contribution in [1.29, 1.82) is 0 Å². The van der Waals surface area contributed by atoms with Crippen molar-refractivity contribution >= 4 is 23.7 Å². The zero-order valence-electron chi connectivity index (χ0n) is 16.7. The van der Waals surface area contributed by atoms with E-state index in [0.717, 1.165) is 23.3 Å². The second kappa shape index (κ2) is 9.07. The van der Waals surface area contributed by atoms with Crippen molar-refractivity contribution < 1.29 is 28.7 Å². The molecule has 8 heteroatoms. The molecule has 1 aromatic carbocycles. The summed E-state index contributed by atoms with van der Waals surface area (Å²) < 4.78 is 10.3. The Hall–Kier alpha value is -2.90. The Labute approximate surface area is 169 Å². The Kier molecular flexibility index (Phi) is 6.51. The van der Waals surface area contributed by atoms with E-state index in [2.05, 4.69) is 5.32 Å². The lowest BCUT2D eigenvalue weighted by Gasteiger charge is -2.21. The molecule has 1 N–H and O–H groups in total. The van der Waals surface area contributed by atoms with Crippen LogP contribution in [0.4, 0.5) is 0 Å². The highest BCUT2D eigenvalue weighted by Gasteiger charge is 2.51. The van der Waals surface area contributed by atoms with E-state index < -0.39 is 24.5 Å². The molecule has 29 heavy (non-hydrogen) atoms. The Balaban J connectivity index is 1.50. The fourth-order valence-corrected chi connectivity index (χ4v) is 4.03. The molecule has 8 nitrogen and oxygen atoms in total. The quantitative estimate of drug-likeness (QED) is 0.547. The number of para-hydroxylation sites is 1. The van der Waals surface area contributed by atoms with Crippen molar-refractivity contribution in [3.8, 4) is 5.75 Å². The molecule has 0 unspecified atom stereocenters. The molecule has 1 aliphatic heterocycles. The molecule has 1 aliphatic carbocycles. The molecule has 1 heterocycles. The lowest BCUT2D eigenvalue weighted by atomic mass is 9.81. The van der Waals surface area contributed by atoms with Crippen LogP contribution in [0.25, 0.3) is 0 Å². The van der Waals surface area contributed by atoms with Crippen molar-refractivity contribution in [3.05, 3.63) is 29.8 Å². The van der Waals surface area contributed by atoms with Gasteiger partial charge in [-0.05, 0) is 25.8 Å². The molecule has 3 amide bonds. The first kappa shape index (κ1) is 20.8. The van der Waals surface area contributed by atoms with E-state index in [1.807, 2.05) is 18.2 Å². The third-order valence-electron chi connectivity index (χ3n) is 5.62. The van der Waals surface area contributed by atoms with E-state index in [0.29, 0.717) is 18.6 Å². The summed E-state index contributed by atoms with van der Waals surface area (Å²) in [7, 11) is 1.54. The molecular formula is C21H26N2O6. The van der Waals surface area contributed by atoms with Crippen molar-refractivity contribution in [2.75, 3.05) is 13.7 Å². The van der Waals surface area contributed by atoms with Crippen molar-refractivity contribution in [1.82, 2.24) is 10.2 Å². The van der Waals surface area contributed by atoms with Gasteiger partial charge in [0.05, 0.1) is 18.9 Å². The van der Waals surface area contributed by atoms with Gasteiger partial charge in [-0.2, -0.15) is 0 Å². The number of esters is 1. The molecule has 1 saturated carbocycles. The van der Waals surface area contributed by atoms with Crippen LogP contribution in [0.15, 0.2) is 24.3 Å². The van der Waals surface area contributed by atoms with Crippen molar-refractivity contribution in [2.45, 2.75) is 45.2 Å². The first-order chi connectivity index (χ1) is 13.9. The third kappa shape index (κ3) is 4.41. The number of amides is 3. The van der Waals surface area contributed by atoms with Gasteiger partial charge >= 0.3 is 5.97 Å². The highest BCUT2D eigenvalue weighted by Crippen LogP contribution is 2.38. The third-order valence-corrected chi connectivity index (χ3v) is 5.62. The van der Waals surface area contributed by atoms with Crippen LogP contribution >= 0.6 is 0 Å². The zero-order valence-corrected chi connectivity index (χ0v) is 16.7. The average molecular weight is 402 g/mol. The molecule has 0 radical (unpaired) electrons. The highest BCUT2D eigenvalue weighted by molar-refractivity contribution is 6.07. The molecule has 3 rings (SSSR count). The van der Waals surface area contributed by atoms with E-state index in [4.69, 9.17) is 9.47 Å². The predicted molar refractivity (Wildman–Crippen MR) is 103 cm³/mol. The molecule has 156 valence electrons. The average Bonchev–Trinajstić information content (AvgIpc) is 3.00. The predicted octanol–water partition coefficient (Wildman–Crippen LogP) is 1.42. The zero-order chi connectivity index (χ0) is 21.0. The summed E-state index contributed by atoms with van der Waals surface area (Å²) in [4.78, 5) is 50.5. The van der Waals surface area contributed by atoms with Crippen LogP contribution in [0.3, 0.4) is 0 Å². The molecular weight excluding hydrogens is 376 g/mol. The number of carbonyl (C=O) groups excluding carboxylic acids is 4. The number of imide groups is 1.